The van der Waals surface area contributed by atoms with Crippen LogP contribution in [0.4, 0.5) is 5.69 Å². The number of esters is 1. The molecule has 2 rings (SSSR count). The first-order chi connectivity index (χ1) is 8.63. The maximum atomic E-state index is 11.6. The highest BCUT2D eigenvalue weighted by atomic mass is 16.5. The lowest BCUT2D eigenvalue weighted by atomic mass is 10.1. The highest BCUT2D eigenvalue weighted by Crippen LogP contribution is 2.23. The molecule has 98 valence electrons. The summed E-state index contributed by atoms with van der Waals surface area (Å²) in [6.45, 7) is 6.31. The molecule has 18 heavy (non-hydrogen) atoms. The van der Waals surface area contributed by atoms with Crippen molar-refractivity contribution in [2.75, 3.05) is 25.1 Å². The van der Waals surface area contributed by atoms with Crippen LogP contribution in [0.2, 0.25) is 0 Å². The third kappa shape index (κ3) is 2.48. The molecular weight excluding hydrogens is 228 g/mol. The number of piperazine rings is 1. The Balaban J connectivity index is 2.29. The van der Waals surface area contributed by atoms with Gasteiger partial charge in [0.2, 0.25) is 0 Å². The number of nitrogens with zero attached hydrogens (tertiary/aromatic N) is 1. The minimum absolute atomic E-state index is 0.285. The quantitative estimate of drug-likeness (QED) is 0.808. The summed E-state index contributed by atoms with van der Waals surface area (Å²) in [6, 6.07) is 8.48. The standard InChI is InChI=1S/C14H20N2O2/c1-10-8-15-9-11(2)16(10)13-6-4-5-12(7-13)14(17)18-3/h4-7,10-11,15H,8-9H2,1-3H3. The minimum atomic E-state index is -0.285. The van der Waals surface area contributed by atoms with Crippen LogP contribution in [-0.4, -0.2) is 38.3 Å². The van der Waals surface area contributed by atoms with Crippen LogP contribution in [0.1, 0.15) is 24.2 Å². The van der Waals surface area contributed by atoms with Crippen molar-refractivity contribution in [2.45, 2.75) is 25.9 Å². The summed E-state index contributed by atoms with van der Waals surface area (Å²) in [4.78, 5) is 13.9. The lowest BCUT2D eigenvalue weighted by molar-refractivity contribution is 0.0600. The van der Waals surface area contributed by atoms with Gasteiger partial charge < -0.3 is 15.0 Å². The van der Waals surface area contributed by atoms with E-state index >= 15 is 0 Å². The van der Waals surface area contributed by atoms with E-state index in [1.165, 1.54) is 7.11 Å². The van der Waals surface area contributed by atoms with Gasteiger partial charge in [0.05, 0.1) is 12.7 Å². The number of carbonyl (C=O) groups excluding carboxylic acids is 1. The van der Waals surface area contributed by atoms with Gasteiger partial charge in [0, 0.05) is 30.9 Å². The predicted molar refractivity (Wildman–Crippen MR) is 72.1 cm³/mol. The summed E-state index contributed by atoms with van der Waals surface area (Å²) in [7, 11) is 1.41. The summed E-state index contributed by atoms with van der Waals surface area (Å²) in [5.74, 6) is -0.285. The first-order valence-corrected chi connectivity index (χ1v) is 6.31. The van der Waals surface area contributed by atoms with Gasteiger partial charge in [-0.15, -0.1) is 0 Å². The van der Waals surface area contributed by atoms with Gasteiger partial charge in [0.15, 0.2) is 0 Å². The van der Waals surface area contributed by atoms with Crippen LogP contribution in [0.25, 0.3) is 0 Å². The van der Waals surface area contributed by atoms with Crippen LogP contribution < -0.4 is 10.2 Å². The molecule has 1 aliphatic heterocycles. The van der Waals surface area contributed by atoms with Crippen LogP contribution in [0, 0.1) is 0 Å². The molecule has 0 aromatic heterocycles. The molecule has 0 bridgehead atoms. The first-order valence-electron chi connectivity index (χ1n) is 6.31. The molecule has 1 fully saturated rings. The molecule has 1 aromatic rings. The fraction of sp³-hybridized carbons (Fsp3) is 0.500. The summed E-state index contributed by atoms with van der Waals surface area (Å²) < 4.78 is 4.76. The van der Waals surface area contributed by atoms with Gasteiger partial charge >= 0.3 is 5.97 Å². The Hall–Kier alpha value is -1.55. The maximum absolute atomic E-state index is 11.6. The summed E-state index contributed by atoms with van der Waals surface area (Å²) >= 11 is 0. The zero-order valence-corrected chi connectivity index (χ0v) is 11.1. The minimum Gasteiger partial charge on any atom is -0.465 e. The van der Waals surface area contributed by atoms with E-state index in [-0.39, 0.29) is 5.97 Å². The van der Waals surface area contributed by atoms with E-state index < -0.39 is 0 Å². The average molecular weight is 248 g/mol. The van der Waals surface area contributed by atoms with E-state index in [1.54, 1.807) is 6.07 Å². The molecule has 4 nitrogen and oxygen atoms in total. The van der Waals surface area contributed by atoms with Gasteiger partial charge in [0.25, 0.3) is 0 Å². The Labute approximate surface area is 108 Å². The SMILES string of the molecule is COC(=O)c1cccc(N2C(C)CNCC2C)c1. The zero-order chi connectivity index (χ0) is 13.1. The van der Waals surface area contributed by atoms with Gasteiger partial charge in [-0.05, 0) is 32.0 Å². The Kier molecular flexibility index (Phi) is 3.87. The third-order valence-corrected chi connectivity index (χ3v) is 3.39. The molecule has 4 heteroatoms. The number of hydrogen-bond donors (Lipinski definition) is 1. The predicted octanol–water partition coefficient (Wildman–Crippen LogP) is 1.66. The molecule has 0 radical (unpaired) electrons. The van der Waals surface area contributed by atoms with Crippen LogP contribution in [0.5, 0.6) is 0 Å². The maximum Gasteiger partial charge on any atom is 0.337 e. The van der Waals surface area contributed by atoms with Crippen molar-refractivity contribution in [3.8, 4) is 0 Å². The highest BCUT2D eigenvalue weighted by Gasteiger charge is 2.25. The normalized spacial score (nSPS) is 23.8. The van der Waals surface area contributed by atoms with E-state index in [9.17, 15) is 4.79 Å². The van der Waals surface area contributed by atoms with Crippen molar-refractivity contribution in [2.24, 2.45) is 0 Å². The highest BCUT2D eigenvalue weighted by molar-refractivity contribution is 5.90. The molecule has 2 atom stereocenters. The molecule has 2 unspecified atom stereocenters. The van der Waals surface area contributed by atoms with Crippen LogP contribution in [-0.2, 0) is 4.74 Å². The number of anilines is 1. The second-order valence-electron chi connectivity index (χ2n) is 4.81. The number of benzene rings is 1. The average Bonchev–Trinajstić information content (AvgIpc) is 2.38. The molecule has 1 heterocycles. The van der Waals surface area contributed by atoms with E-state index in [4.69, 9.17) is 4.74 Å². The number of methoxy groups -OCH3 is 1. The number of rotatable bonds is 2. The molecule has 0 aliphatic carbocycles. The summed E-state index contributed by atoms with van der Waals surface area (Å²) in [5, 5.41) is 3.40. The smallest absolute Gasteiger partial charge is 0.337 e. The van der Waals surface area contributed by atoms with Crippen molar-refractivity contribution < 1.29 is 9.53 Å². The zero-order valence-electron chi connectivity index (χ0n) is 11.1. The summed E-state index contributed by atoms with van der Waals surface area (Å²) in [5.41, 5.74) is 1.69. The van der Waals surface area contributed by atoms with E-state index in [1.807, 2.05) is 18.2 Å². The second-order valence-corrected chi connectivity index (χ2v) is 4.81. The number of nitrogens with one attached hydrogen (secondary N) is 1. The van der Waals surface area contributed by atoms with E-state index in [0.29, 0.717) is 17.6 Å². The Bertz CT molecular complexity index is 424. The van der Waals surface area contributed by atoms with Crippen molar-refractivity contribution in [1.29, 1.82) is 0 Å². The van der Waals surface area contributed by atoms with Crippen molar-refractivity contribution in [3.05, 3.63) is 29.8 Å². The lowest BCUT2D eigenvalue weighted by Crippen LogP contribution is -2.55. The van der Waals surface area contributed by atoms with Crippen LogP contribution in [0.3, 0.4) is 0 Å². The molecule has 0 amide bonds. The fourth-order valence-electron chi connectivity index (χ4n) is 2.55. The first kappa shape index (κ1) is 12.9. The van der Waals surface area contributed by atoms with Gasteiger partial charge in [-0.25, -0.2) is 4.79 Å². The topological polar surface area (TPSA) is 41.6 Å². The molecule has 1 aliphatic rings. The third-order valence-electron chi connectivity index (χ3n) is 3.39. The van der Waals surface area contributed by atoms with Crippen LogP contribution >= 0.6 is 0 Å². The molecular formula is C14H20N2O2. The monoisotopic (exact) mass is 248 g/mol. The number of carbonyl (C=O) groups is 1. The van der Waals surface area contributed by atoms with Gasteiger partial charge in [0.1, 0.15) is 0 Å². The molecule has 0 saturated carbocycles. The molecule has 0 spiro atoms. The van der Waals surface area contributed by atoms with Crippen LogP contribution in [0.15, 0.2) is 24.3 Å². The van der Waals surface area contributed by atoms with Gasteiger partial charge in [-0.1, -0.05) is 6.07 Å². The Morgan fingerprint density at radius 3 is 2.61 bits per heavy atom. The molecule has 1 N–H and O–H groups in total. The largest absolute Gasteiger partial charge is 0.465 e. The van der Waals surface area contributed by atoms with Crippen molar-refractivity contribution in [1.82, 2.24) is 5.32 Å². The van der Waals surface area contributed by atoms with Gasteiger partial charge in [-0.2, -0.15) is 0 Å². The fourth-order valence-corrected chi connectivity index (χ4v) is 2.55. The Morgan fingerprint density at radius 1 is 1.33 bits per heavy atom. The van der Waals surface area contributed by atoms with E-state index in [2.05, 4.69) is 24.1 Å². The molecule has 1 aromatic carbocycles. The van der Waals surface area contributed by atoms with Crippen molar-refractivity contribution >= 4 is 11.7 Å². The second kappa shape index (κ2) is 5.40. The Morgan fingerprint density at radius 2 is 2.00 bits per heavy atom. The van der Waals surface area contributed by atoms with Gasteiger partial charge in [-0.3, -0.25) is 0 Å². The molecule has 1 saturated heterocycles. The number of hydrogen-bond acceptors (Lipinski definition) is 4. The van der Waals surface area contributed by atoms with E-state index in [0.717, 1.165) is 18.8 Å². The van der Waals surface area contributed by atoms with Crippen molar-refractivity contribution in [3.63, 3.8) is 0 Å². The lowest BCUT2D eigenvalue weighted by Gasteiger charge is -2.41. The number of ether oxygens (including phenoxy) is 1. The summed E-state index contributed by atoms with van der Waals surface area (Å²) in [6.07, 6.45) is 0.